The van der Waals surface area contributed by atoms with Gasteiger partial charge in [0.25, 0.3) is 0 Å². The van der Waals surface area contributed by atoms with Crippen LogP contribution in [0.3, 0.4) is 0 Å². The van der Waals surface area contributed by atoms with Crippen molar-refractivity contribution in [1.29, 1.82) is 0 Å². The maximum atomic E-state index is 13.5. The van der Waals surface area contributed by atoms with Gasteiger partial charge in [-0.05, 0) is 88.2 Å². The van der Waals surface area contributed by atoms with E-state index >= 15 is 0 Å². The molecule has 10 nitrogen and oxygen atoms in total. The van der Waals surface area contributed by atoms with Gasteiger partial charge in [0.1, 0.15) is 11.8 Å². The molecule has 9 atom stereocenters. The molecule has 4 rings (SSSR count). The van der Waals surface area contributed by atoms with Gasteiger partial charge in [0.15, 0.2) is 5.60 Å². The summed E-state index contributed by atoms with van der Waals surface area (Å²) in [5.41, 5.74) is 7.28. The van der Waals surface area contributed by atoms with Gasteiger partial charge in [0.05, 0.1) is 24.3 Å². The van der Waals surface area contributed by atoms with Crippen molar-refractivity contribution in [3.05, 3.63) is 30.5 Å². The highest BCUT2D eigenvalue weighted by Crippen LogP contribution is 2.42. The second kappa shape index (κ2) is 14.3. The Balaban J connectivity index is 1.50. The summed E-state index contributed by atoms with van der Waals surface area (Å²) in [4.78, 5) is 28.7. The summed E-state index contributed by atoms with van der Waals surface area (Å²) in [5.74, 6) is -0.185. The van der Waals surface area contributed by atoms with Crippen molar-refractivity contribution in [3.8, 4) is 11.3 Å². The Morgan fingerprint density at radius 1 is 1.02 bits per heavy atom. The first-order valence-corrected chi connectivity index (χ1v) is 16.5. The van der Waals surface area contributed by atoms with Crippen molar-refractivity contribution in [2.75, 3.05) is 12.3 Å². The smallest absolute Gasteiger partial charge is 0.410 e. The molecule has 3 N–H and O–H groups in total. The molecular weight excluding hydrogens is 558 g/mol. The third-order valence-electron chi connectivity index (χ3n) is 9.85. The number of nitrogens with two attached hydrogens (primary N) is 1. The number of esters is 1. The molecule has 9 unspecified atom stereocenters. The topological polar surface area (TPSA) is 133 Å². The normalized spacial score (nSPS) is 33.8. The molecule has 0 bridgehead atoms. The van der Waals surface area contributed by atoms with Crippen LogP contribution in [0.25, 0.3) is 11.3 Å². The zero-order valence-electron chi connectivity index (χ0n) is 27.6. The van der Waals surface area contributed by atoms with E-state index < -0.39 is 29.7 Å². The Morgan fingerprint density at radius 2 is 1.70 bits per heavy atom. The van der Waals surface area contributed by atoms with Crippen LogP contribution < -0.4 is 5.73 Å². The van der Waals surface area contributed by atoms with E-state index in [1.807, 2.05) is 60.8 Å². The number of hydrogen-bond donors (Lipinski definition) is 2. The molecular formula is C34H53N5O5. The van der Waals surface area contributed by atoms with Crippen molar-refractivity contribution in [1.82, 2.24) is 19.9 Å². The molecule has 1 aromatic carbocycles. The lowest BCUT2D eigenvalue weighted by molar-refractivity contribution is -0.173. The number of amides is 1. The summed E-state index contributed by atoms with van der Waals surface area (Å²) in [7, 11) is 0. The van der Waals surface area contributed by atoms with Crippen LogP contribution in [-0.2, 0) is 20.8 Å². The van der Waals surface area contributed by atoms with Gasteiger partial charge in [-0.25, -0.2) is 4.79 Å². The SMILES string of the molecule is CCC1OC(=O)C(C)C(O)C(C)CC(C)CC(C)CC(C)C2N(CCCCn3cc(-c4cccc(N)c4)nn3)C(=O)OC12C. The van der Waals surface area contributed by atoms with Crippen LogP contribution >= 0.6 is 0 Å². The first kappa shape index (κ1) is 33.7. The molecule has 2 aliphatic heterocycles. The Labute approximate surface area is 262 Å². The lowest BCUT2D eigenvalue weighted by Crippen LogP contribution is -2.56. The highest BCUT2D eigenvalue weighted by atomic mass is 16.6. The largest absolute Gasteiger partial charge is 0.458 e. The number of cyclic esters (lactones) is 1. The van der Waals surface area contributed by atoms with Crippen molar-refractivity contribution >= 4 is 17.7 Å². The molecule has 1 aromatic heterocycles. The molecule has 1 amide bonds. The summed E-state index contributed by atoms with van der Waals surface area (Å²) in [6.07, 6.45) is 4.97. The summed E-state index contributed by atoms with van der Waals surface area (Å²) >= 11 is 0. The van der Waals surface area contributed by atoms with Gasteiger partial charge in [-0.1, -0.05) is 52.0 Å². The van der Waals surface area contributed by atoms with Crippen LogP contribution in [0.2, 0.25) is 0 Å². The van der Waals surface area contributed by atoms with Gasteiger partial charge in [-0.3, -0.25) is 9.48 Å². The van der Waals surface area contributed by atoms with E-state index in [1.165, 1.54) is 0 Å². The first-order chi connectivity index (χ1) is 20.8. The standard InChI is InChI=1S/C34H53N5O5/c1-8-29-34(7)31(24(5)18-22(3)16-21(2)17-23(4)30(40)25(6)32(41)43-29)39(33(42)44-34)15-10-9-14-38-20-28(36-37-38)26-12-11-13-27(35)19-26/h11-13,19-25,29-31,40H,8-10,14-18,35H2,1-7H3. The molecule has 0 aliphatic carbocycles. The van der Waals surface area contributed by atoms with E-state index in [4.69, 9.17) is 15.2 Å². The highest BCUT2D eigenvalue weighted by Gasteiger charge is 2.58. The second-order valence-corrected chi connectivity index (χ2v) is 13.9. The predicted octanol–water partition coefficient (Wildman–Crippen LogP) is 5.93. The van der Waals surface area contributed by atoms with Gasteiger partial charge in [0, 0.05) is 24.3 Å². The Kier molecular flexibility index (Phi) is 11.0. The molecule has 2 aromatic rings. The van der Waals surface area contributed by atoms with Crippen molar-refractivity contribution < 1.29 is 24.2 Å². The molecule has 10 heteroatoms. The number of aliphatic hydroxyl groups is 1. The van der Waals surface area contributed by atoms with Gasteiger partial charge in [-0.15, -0.1) is 5.10 Å². The number of carbonyl (C=O) groups is 2. The van der Waals surface area contributed by atoms with Crippen molar-refractivity contribution in [3.63, 3.8) is 0 Å². The molecule has 0 radical (unpaired) electrons. The monoisotopic (exact) mass is 611 g/mol. The molecule has 2 fully saturated rings. The predicted molar refractivity (Wildman–Crippen MR) is 170 cm³/mol. The Bertz CT molecular complexity index is 1270. The molecule has 0 spiro atoms. The van der Waals surface area contributed by atoms with E-state index in [-0.39, 0.29) is 24.0 Å². The summed E-state index contributed by atoms with van der Waals surface area (Å²) in [6, 6.07) is 7.32. The maximum absolute atomic E-state index is 13.5. The number of nitrogen functional groups attached to an aromatic ring is 1. The lowest BCUT2D eigenvalue weighted by atomic mass is 9.75. The molecule has 0 saturated carbocycles. The fourth-order valence-electron chi connectivity index (χ4n) is 7.79. The molecule has 44 heavy (non-hydrogen) atoms. The minimum absolute atomic E-state index is 0.0235. The molecule has 3 heterocycles. The van der Waals surface area contributed by atoms with Gasteiger partial charge in [-0.2, -0.15) is 0 Å². The first-order valence-electron chi connectivity index (χ1n) is 16.5. The molecule has 244 valence electrons. The number of carbonyl (C=O) groups excluding carboxylic acids is 2. The van der Waals surface area contributed by atoms with Crippen LogP contribution in [0.5, 0.6) is 0 Å². The van der Waals surface area contributed by atoms with Crippen molar-refractivity contribution in [2.45, 2.75) is 117 Å². The van der Waals surface area contributed by atoms with Crippen LogP contribution in [0.1, 0.15) is 87.0 Å². The van der Waals surface area contributed by atoms with Crippen LogP contribution in [0, 0.1) is 29.6 Å². The number of unbranched alkanes of at least 4 members (excludes halogenated alkanes) is 1. The fourth-order valence-corrected chi connectivity index (χ4v) is 7.79. The minimum atomic E-state index is -1.01. The highest BCUT2D eigenvalue weighted by molar-refractivity contribution is 5.74. The fraction of sp³-hybridized carbons (Fsp3) is 0.706. The van der Waals surface area contributed by atoms with E-state index in [0.717, 1.165) is 43.4 Å². The van der Waals surface area contributed by atoms with Gasteiger partial charge in [0.2, 0.25) is 0 Å². The maximum Gasteiger partial charge on any atom is 0.410 e. The zero-order valence-corrected chi connectivity index (χ0v) is 27.6. The lowest BCUT2D eigenvalue weighted by Gasteiger charge is -2.41. The summed E-state index contributed by atoms with van der Waals surface area (Å²) in [6.45, 7) is 15.5. The van der Waals surface area contributed by atoms with Crippen LogP contribution in [0.4, 0.5) is 10.5 Å². The van der Waals surface area contributed by atoms with Crippen LogP contribution in [-0.4, -0.2) is 67.5 Å². The number of anilines is 1. The number of ether oxygens (including phenoxy) is 2. The third-order valence-corrected chi connectivity index (χ3v) is 9.85. The molecule has 2 aliphatic rings. The van der Waals surface area contributed by atoms with E-state index in [9.17, 15) is 14.7 Å². The number of nitrogens with zero attached hydrogens (tertiary/aromatic N) is 4. The van der Waals surface area contributed by atoms with Crippen molar-refractivity contribution in [2.24, 2.45) is 29.6 Å². The average molecular weight is 612 g/mol. The van der Waals surface area contributed by atoms with Gasteiger partial charge >= 0.3 is 12.1 Å². The van der Waals surface area contributed by atoms with Gasteiger partial charge < -0.3 is 25.2 Å². The average Bonchev–Trinajstić information content (AvgIpc) is 3.54. The Morgan fingerprint density at radius 3 is 2.39 bits per heavy atom. The summed E-state index contributed by atoms with van der Waals surface area (Å²) < 4.78 is 14.1. The number of fused-ring (bicyclic) bond motifs is 1. The number of aryl methyl sites for hydroxylation is 1. The van der Waals surface area contributed by atoms with Crippen LogP contribution in [0.15, 0.2) is 30.5 Å². The number of aromatic nitrogens is 3. The number of benzene rings is 1. The molecule has 2 saturated heterocycles. The summed E-state index contributed by atoms with van der Waals surface area (Å²) in [5, 5.41) is 19.6. The number of rotatable bonds is 7. The Hall–Kier alpha value is -3.14. The van der Waals surface area contributed by atoms with E-state index in [0.29, 0.717) is 37.0 Å². The quantitative estimate of drug-likeness (QED) is 0.224. The minimum Gasteiger partial charge on any atom is -0.458 e. The second-order valence-electron chi connectivity index (χ2n) is 13.9. The zero-order chi connectivity index (χ0) is 32.2. The number of aliphatic hydroxyl groups excluding tert-OH is 1. The third kappa shape index (κ3) is 7.56. The number of hydrogen-bond acceptors (Lipinski definition) is 8. The van der Waals surface area contributed by atoms with E-state index in [1.54, 1.807) is 6.92 Å². The van der Waals surface area contributed by atoms with E-state index in [2.05, 4.69) is 31.1 Å².